The van der Waals surface area contributed by atoms with Gasteiger partial charge in [-0.3, -0.25) is 9.59 Å². The molecule has 7 nitrogen and oxygen atoms in total. The van der Waals surface area contributed by atoms with E-state index in [1.165, 1.54) is 0 Å². The van der Waals surface area contributed by atoms with E-state index in [-0.39, 0.29) is 18.9 Å². The molecule has 0 aliphatic carbocycles. The second-order valence-electron chi connectivity index (χ2n) is 6.75. The number of ether oxygens (including phenoxy) is 1. The third-order valence-electron chi connectivity index (χ3n) is 3.95. The van der Waals surface area contributed by atoms with Crippen LogP contribution in [0.25, 0.3) is 0 Å². The molecular weight excluding hydrogens is 436 g/mol. The fraction of sp³-hybridized carbons (Fsp3) is 0.286. The molecule has 2 aromatic carbocycles. The lowest BCUT2D eigenvalue weighted by Gasteiger charge is -2.13. The first-order valence-corrected chi connectivity index (χ1v) is 9.82. The Morgan fingerprint density at radius 2 is 1.79 bits per heavy atom. The van der Waals surface area contributed by atoms with E-state index in [0.717, 1.165) is 15.7 Å². The van der Waals surface area contributed by atoms with E-state index in [2.05, 4.69) is 31.8 Å². The molecule has 2 N–H and O–H groups in total. The minimum atomic E-state index is -0.399. The van der Waals surface area contributed by atoms with E-state index in [9.17, 15) is 9.59 Å². The molecule has 2 rings (SSSR count). The number of hydrogen-bond donors (Lipinski definition) is 2. The fourth-order valence-electron chi connectivity index (χ4n) is 2.37. The molecule has 0 saturated carbocycles. The topological polar surface area (TPSA) is 83.0 Å². The number of benzene rings is 2. The van der Waals surface area contributed by atoms with Crippen molar-refractivity contribution in [3.05, 3.63) is 52.5 Å². The highest BCUT2D eigenvalue weighted by molar-refractivity contribution is 9.10. The van der Waals surface area contributed by atoms with Gasteiger partial charge in [0.15, 0.2) is 6.61 Å². The van der Waals surface area contributed by atoms with Crippen LogP contribution in [0.4, 0.5) is 11.4 Å². The number of nitrogens with one attached hydrogen (secondary N) is 2. The van der Waals surface area contributed by atoms with Crippen molar-refractivity contribution in [2.45, 2.75) is 20.3 Å². The standard InChI is InChI=1S/C21H25BrN4O3/c1-14-11-18(9-10-19(14)22)29-13-21(28)25-24-15(2)12-20(27)23-16-5-7-17(8-6-16)26(3)4/h5-11H,12-13H2,1-4H3,(H,23,27)(H,25,28)/b24-15-. The first-order valence-electron chi connectivity index (χ1n) is 9.03. The van der Waals surface area contributed by atoms with E-state index in [4.69, 9.17) is 4.74 Å². The monoisotopic (exact) mass is 460 g/mol. The lowest BCUT2D eigenvalue weighted by Crippen LogP contribution is -2.26. The molecule has 2 aromatic rings. The van der Waals surface area contributed by atoms with Crippen molar-refractivity contribution in [3.8, 4) is 5.75 Å². The Morgan fingerprint density at radius 3 is 2.41 bits per heavy atom. The van der Waals surface area contributed by atoms with Gasteiger partial charge in [0.05, 0.1) is 6.42 Å². The summed E-state index contributed by atoms with van der Waals surface area (Å²) in [5.41, 5.74) is 5.65. The molecule has 8 heteroatoms. The lowest BCUT2D eigenvalue weighted by molar-refractivity contribution is -0.123. The SMILES string of the molecule is C/C(CC(=O)Nc1ccc(N(C)C)cc1)=N/NC(=O)COc1ccc(Br)c(C)c1. The zero-order valence-corrected chi connectivity index (χ0v) is 18.5. The number of amides is 2. The van der Waals surface area contributed by atoms with Gasteiger partial charge >= 0.3 is 0 Å². The smallest absolute Gasteiger partial charge is 0.277 e. The second-order valence-corrected chi connectivity index (χ2v) is 7.60. The van der Waals surface area contributed by atoms with Gasteiger partial charge < -0.3 is 15.0 Å². The quantitative estimate of drug-likeness (QED) is 0.464. The number of carbonyl (C=O) groups is 2. The van der Waals surface area contributed by atoms with Gasteiger partial charge in [0.2, 0.25) is 5.91 Å². The molecule has 0 radical (unpaired) electrons. The van der Waals surface area contributed by atoms with E-state index in [1.54, 1.807) is 13.0 Å². The van der Waals surface area contributed by atoms with Crippen LogP contribution in [0.15, 0.2) is 52.0 Å². The highest BCUT2D eigenvalue weighted by atomic mass is 79.9. The van der Waals surface area contributed by atoms with Crippen molar-refractivity contribution in [1.29, 1.82) is 0 Å². The third kappa shape index (κ3) is 7.57. The molecule has 0 aliphatic rings. The Morgan fingerprint density at radius 1 is 1.10 bits per heavy atom. The van der Waals surface area contributed by atoms with Crippen LogP contribution in [0.2, 0.25) is 0 Å². The van der Waals surface area contributed by atoms with Gasteiger partial charge in [-0.25, -0.2) is 5.43 Å². The van der Waals surface area contributed by atoms with E-state index < -0.39 is 5.91 Å². The largest absolute Gasteiger partial charge is 0.484 e. The summed E-state index contributed by atoms with van der Waals surface area (Å²) in [5.74, 6) is -0.00879. The average Bonchev–Trinajstić information content (AvgIpc) is 2.67. The maximum Gasteiger partial charge on any atom is 0.277 e. The number of rotatable bonds is 8. The van der Waals surface area contributed by atoms with Crippen LogP contribution in [-0.2, 0) is 9.59 Å². The van der Waals surface area contributed by atoms with Crippen LogP contribution in [-0.4, -0.2) is 38.2 Å². The number of carbonyl (C=O) groups excluding carboxylic acids is 2. The van der Waals surface area contributed by atoms with Crippen LogP contribution in [0.1, 0.15) is 18.9 Å². The molecule has 0 fully saturated rings. The van der Waals surface area contributed by atoms with Gasteiger partial charge in [0.25, 0.3) is 5.91 Å². The number of halogens is 1. The highest BCUT2D eigenvalue weighted by Crippen LogP contribution is 2.21. The molecule has 29 heavy (non-hydrogen) atoms. The zero-order chi connectivity index (χ0) is 21.4. The van der Waals surface area contributed by atoms with E-state index in [0.29, 0.717) is 17.1 Å². The number of nitrogens with zero attached hydrogens (tertiary/aromatic N) is 2. The molecule has 154 valence electrons. The Labute approximate surface area is 179 Å². The average molecular weight is 461 g/mol. The minimum absolute atomic E-state index is 0.0719. The normalized spacial score (nSPS) is 11.0. The highest BCUT2D eigenvalue weighted by Gasteiger charge is 2.07. The molecule has 0 spiro atoms. The molecule has 0 aliphatic heterocycles. The minimum Gasteiger partial charge on any atom is -0.484 e. The van der Waals surface area contributed by atoms with Crippen molar-refractivity contribution in [3.63, 3.8) is 0 Å². The summed E-state index contributed by atoms with van der Waals surface area (Å²) >= 11 is 3.41. The van der Waals surface area contributed by atoms with Crippen LogP contribution < -0.4 is 20.4 Å². The molecule has 0 unspecified atom stereocenters. The number of hydrazone groups is 1. The van der Waals surface area contributed by atoms with E-state index in [1.807, 2.05) is 62.3 Å². The maximum absolute atomic E-state index is 12.1. The molecule has 0 bridgehead atoms. The summed E-state index contributed by atoms with van der Waals surface area (Å²) in [5, 5.41) is 6.75. The Bertz CT molecular complexity index is 895. The van der Waals surface area contributed by atoms with Crippen molar-refractivity contribution in [2.24, 2.45) is 5.10 Å². The van der Waals surface area contributed by atoms with Crippen molar-refractivity contribution in [2.75, 3.05) is 30.9 Å². The summed E-state index contributed by atoms with van der Waals surface area (Å²) in [7, 11) is 3.90. The van der Waals surface area contributed by atoms with Gasteiger partial charge in [0, 0.05) is 35.7 Å². The predicted octanol–water partition coefficient (Wildman–Crippen LogP) is 3.72. The molecular formula is C21H25BrN4O3. The first kappa shape index (κ1) is 22.4. The Balaban J connectivity index is 1.77. The van der Waals surface area contributed by atoms with Gasteiger partial charge in [-0.2, -0.15) is 5.10 Å². The Hall–Kier alpha value is -2.87. The molecule has 0 saturated heterocycles. The van der Waals surface area contributed by atoms with E-state index >= 15 is 0 Å². The van der Waals surface area contributed by atoms with Gasteiger partial charge in [0.1, 0.15) is 5.75 Å². The first-order chi connectivity index (χ1) is 13.7. The predicted molar refractivity (Wildman–Crippen MR) is 120 cm³/mol. The summed E-state index contributed by atoms with van der Waals surface area (Å²) < 4.78 is 6.41. The second kappa shape index (κ2) is 10.6. The van der Waals surface area contributed by atoms with Crippen LogP contribution in [0.5, 0.6) is 5.75 Å². The summed E-state index contributed by atoms with van der Waals surface area (Å²) in [4.78, 5) is 26.0. The molecule has 0 atom stereocenters. The summed E-state index contributed by atoms with van der Waals surface area (Å²) in [6.07, 6.45) is 0.0719. The summed E-state index contributed by atoms with van der Waals surface area (Å²) in [6.45, 7) is 3.45. The van der Waals surface area contributed by atoms with Crippen molar-refractivity contribution < 1.29 is 14.3 Å². The third-order valence-corrected chi connectivity index (χ3v) is 4.84. The zero-order valence-electron chi connectivity index (χ0n) is 17.0. The van der Waals surface area contributed by atoms with Crippen molar-refractivity contribution in [1.82, 2.24) is 5.43 Å². The summed E-state index contributed by atoms with van der Waals surface area (Å²) in [6, 6.07) is 13.0. The van der Waals surface area contributed by atoms with Crippen LogP contribution in [0, 0.1) is 6.92 Å². The Kier molecular flexibility index (Phi) is 8.21. The fourth-order valence-corrected chi connectivity index (χ4v) is 2.61. The lowest BCUT2D eigenvalue weighted by atomic mass is 10.2. The van der Waals surface area contributed by atoms with Crippen LogP contribution >= 0.6 is 15.9 Å². The van der Waals surface area contributed by atoms with Crippen molar-refractivity contribution >= 4 is 44.8 Å². The number of hydrogen-bond acceptors (Lipinski definition) is 5. The molecule has 0 heterocycles. The maximum atomic E-state index is 12.1. The van der Waals surface area contributed by atoms with Gasteiger partial charge in [-0.15, -0.1) is 0 Å². The van der Waals surface area contributed by atoms with Gasteiger partial charge in [-0.1, -0.05) is 15.9 Å². The number of aryl methyl sites for hydroxylation is 1. The van der Waals surface area contributed by atoms with Gasteiger partial charge in [-0.05, 0) is 61.9 Å². The number of anilines is 2. The molecule has 0 aromatic heterocycles. The van der Waals surface area contributed by atoms with Crippen LogP contribution in [0.3, 0.4) is 0 Å². The molecule has 2 amide bonds.